The molecule has 0 aromatic carbocycles. The topological polar surface area (TPSA) is 15.3 Å². The van der Waals surface area contributed by atoms with E-state index >= 15 is 0 Å². The van der Waals surface area contributed by atoms with Crippen molar-refractivity contribution in [1.29, 1.82) is 0 Å². The molecule has 2 rings (SSSR count). The molecule has 2 aliphatic rings. The van der Waals surface area contributed by atoms with Crippen LogP contribution >= 0.6 is 0 Å². The highest BCUT2D eigenvalue weighted by molar-refractivity contribution is 5.18. The second-order valence-corrected chi connectivity index (χ2v) is 5.09. The Balaban J connectivity index is 1.87. The molecule has 2 aliphatic carbocycles. The molecule has 0 aliphatic heterocycles. The van der Waals surface area contributed by atoms with E-state index in [9.17, 15) is 4.39 Å². The Morgan fingerprint density at radius 1 is 1.31 bits per heavy atom. The summed E-state index contributed by atoms with van der Waals surface area (Å²) in [5.41, 5.74) is 0.259. The summed E-state index contributed by atoms with van der Waals surface area (Å²) in [6, 6.07) is -0.151. The van der Waals surface area contributed by atoms with Gasteiger partial charge in [0.25, 0.3) is 0 Å². The van der Waals surface area contributed by atoms with Crippen molar-refractivity contribution < 1.29 is 4.39 Å². The van der Waals surface area contributed by atoms with Crippen LogP contribution in [0.2, 0.25) is 0 Å². The normalized spacial score (nSPS) is 31.8. The van der Waals surface area contributed by atoms with E-state index in [0.29, 0.717) is 0 Å². The van der Waals surface area contributed by atoms with Crippen LogP contribution in [0.4, 0.5) is 4.39 Å². The molecule has 0 radical (unpaired) electrons. The van der Waals surface area contributed by atoms with Gasteiger partial charge in [-0.1, -0.05) is 18.2 Å². The van der Waals surface area contributed by atoms with Gasteiger partial charge in [-0.15, -0.1) is 0 Å². The number of hydrogen-bond donors (Lipinski definition) is 1. The predicted octanol–water partition coefficient (Wildman–Crippen LogP) is 1.89. The van der Waals surface area contributed by atoms with Gasteiger partial charge in [0.15, 0.2) is 0 Å². The van der Waals surface area contributed by atoms with Crippen molar-refractivity contribution in [2.45, 2.75) is 37.0 Å². The van der Waals surface area contributed by atoms with Crippen LogP contribution in [0, 0.1) is 0 Å². The summed E-state index contributed by atoms with van der Waals surface area (Å²) in [4.78, 5) is 2.28. The summed E-state index contributed by atoms with van der Waals surface area (Å²) in [7, 11) is 4.23. The molecule has 1 N–H and O–H groups in total. The van der Waals surface area contributed by atoms with E-state index in [1.165, 1.54) is 19.3 Å². The molecular formula is C13H21FN2. The van der Waals surface area contributed by atoms with E-state index in [2.05, 4.69) is 24.3 Å². The Bertz CT molecular complexity index is 292. The molecule has 0 saturated heterocycles. The van der Waals surface area contributed by atoms with Crippen molar-refractivity contribution >= 4 is 0 Å². The van der Waals surface area contributed by atoms with Crippen LogP contribution in [-0.2, 0) is 0 Å². The van der Waals surface area contributed by atoms with Gasteiger partial charge in [-0.05, 0) is 39.4 Å². The summed E-state index contributed by atoms with van der Waals surface area (Å²) >= 11 is 0. The summed E-state index contributed by atoms with van der Waals surface area (Å²) in [6.45, 7) is 0.878. The Kier molecular flexibility index (Phi) is 3.45. The molecular weight excluding hydrogens is 203 g/mol. The summed E-state index contributed by atoms with van der Waals surface area (Å²) < 4.78 is 13.5. The third-order valence-corrected chi connectivity index (χ3v) is 3.97. The van der Waals surface area contributed by atoms with Crippen molar-refractivity contribution in [2.24, 2.45) is 0 Å². The van der Waals surface area contributed by atoms with Crippen LogP contribution < -0.4 is 5.32 Å². The van der Waals surface area contributed by atoms with Crippen molar-refractivity contribution in [3.8, 4) is 0 Å². The lowest BCUT2D eigenvalue weighted by Crippen LogP contribution is -2.58. The molecule has 1 fully saturated rings. The summed E-state index contributed by atoms with van der Waals surface area (Å²) in [5, 5.41) is 3.34. The minimum atomic E-state index is -0.885. The number of rotatable bonds is 4. The fourth-order valence-corrected chi connectivity index (χ4v) is 2.44. The predicted molar refractivity (Wildman–Crippen MR) is 65.2 cm³/mol. The zero-order valence-electron chi connectivity index (χ0n) is 10.1. The molecule has 16 heavy (non-hydrogen) atoms. The molecule has 0 spiro atoms. The van der Waals surface area contributed by atoms with Gasteiger partial charge in [0.05, 0.1) is 6.04 Å². The summed E-state index contributed by atoms with van der Waals surface area (Å²) in [6.07, 6.45) is 10.0. The fraction of sp³-hybridized carbons (Fsp3) is 0.692. The van der Waals surface area contributed by atoms with Crippen molar-refractivity contribution in [3.63, 3.8) is 0 Å². The molecule has 0 bridgehead atoms. The first-order valence-electron chi connectivity index (χ1n) is 6.04. The maximum Gasteiger partial charge on any atom is 0.137 e. The number of alkyl halides is 1. The smallest absolute Gasteiger partial charge is 0.137 e. The van der Waals surface area contributed by atoms with Crippen LogP contribution in [-0.4, -0.2) is 43.3 Å². The zero-order valence-corrected chi connectivity index (χ0v) is 10.1. The maximum atomic E-state index is 13.5. The molecule has 0 aromatic rings. The standard InChI is InChI=1S/C13H21FN2/c1-16(2)13(8-5-9-13)10-15-12-7-4-3-6-11(12)14/h3-4,6-7,11-12,15H,5,8-10H2,1-2H3. The highest BCUT2D eigenvalue weighted by Gasteiger charge is 2.39. The Hall–Kier alpha value is -0.670. The molecule has 90 valence electrons. The van der Waals surface area contributed by atoms with Crippen LogP contribution in [0.3, 0.4) is 0 Å². The highest BCUT2D eigenvalue weighted by atomic mass is 19.1. The molecule has 2 atom stereocenters. The van der Waals surface area contributed by atoms with Gasteiger partial charge >= 0.3 is 0 Å². The number of likely N-dealkylation sites (N-methyl/N-ethyl adjacent to an activating group) is 1. The van der Waals surface area contributed by atoms with Crippen LogP contribution in [0.1, 0.15) is 19.3 Å². The maximum absolute atomic E-state index is 13.5. The van der Waals surface area contributed by atoms with Gasteiger partial charge in [-0.25, -0.2) is 4.39 Å². The van der Waals surface area contributed by atoms with Gasteiger partial charge in [0.1, 0.15) is 6.17 Å². The lowest BCUT2D eigenvalue weighted by Gasteiger charge is -2.48. The quantitative estimate of drug-likeness (QED) is 0.784. The van der Waals surface area contributed by atoms with E-state index in [0.717, 1.165) is 6.54 Å². The third kappa shape index (κ3) is 2.20. The molecule has 1 saturated carbocycles. The second-order valence-electron chi connectivity index (χ2n) is 5.09. The monoisotopic (exact) mass is 224 g/mol. The Labute approximate surface area is 97.2 Å². The first-order chi connectivity index (χ1) is 7.64. The second kappa shape index (κ2) is 4.68. The number of nitrogens with zero attached hydrogens (tertiary/aromatic N) is 1. The van der Waals surface area contributed by atoms with Crippen molar-refractivity contribution in [3.05, 3.63) is 24.3 Å². The number of allylic oxidation sites excluding steroid dienone is 2. The zero-order chi connectivity index (χ0) is 11.6. The average Bonchev–Trinajstić information content (AvgIpc) is 2.18. The largest absolute Gasteiger partial charge is 0.306 e. The van der Waals surface area contributed by atoms with E-state index in [1.807, 2.05) is 12.2 Å². The fourth-order valence-electron chi connectivity index (χ4n) is 2.44. The van der Waals surface area contributed by atoms with Gasteiger partial charge in [0.2, 0.25) is 0 Å². The molecule has 0 aromatic heterocycles. The van der Waals surface area contributed by atoms with Gasteiger partial charge < -0.3 is 10.2 Å². The van der Waals surface area contributed by atoms with Crippen LogP contribution in [0.5, 0.6) is 0 Å². The van der Waals surface area contributed by atoms with Gasteiger partial charge in [0, 0.05) is 12.1 Å². The highest BCUT2D eigenvalue weighted by Crippen LogP contribution is 2.35. The SMILES string of the molecule is CN(C)C1(CNC2C=CC=CC2F)CCC1. The lowest BCUT2D eigenvalue weighted by atomic mass is 9.75. The lowest BCUT2D eigenvalue weighted by molar-refractivity contribution is 0.0565. The number of halogens is 1. The van der Waals surface area contributed by atoms with Crippen molar-refractivity contribution in [2.75, 3.05) is 20.6 Å². The first-order valence-corrected chi connectivity index (χ1v) is 6.04. The molecule has 0 heterocycles. The minimum Gasteiger partial charge on any atom is -0.306 e. The Morgan fingerprint density at radius 2 is 2.00 bits per heavy atom. The molecule has 3 heteroatoms. The minimum absolute atomic E-state index is 0.151. The Morgan fingerprint density at radius 3 is 2.50 bits per heavy atom. The molecule has 2 nitrogen and oxygen atoms in total. The molecule has 0 amide bonds. The van der Waals surface area contributed by atoms with E-state index in [4.69, 9.17) is 0 Å². The third-order valence-electron chi connectivity index (χ3n) is 3.97. The van der Waals surface area contributed by atoms with Gasteiger partial charge in [-0.2, -0.15) is 0 Å². The van der Waals surface area contributed by atoms with E-state index in [-0.39, 0.29) is 11.6 Å². The average molecular weight is 224 g/mol. The number of nitrogens with one attached hydrogen (secondary N) is 1. The van der Waals surface area contributed by atoms with Crippen molar-refractivity contribution in [1.82, 2.24) is 10.2 Å². The van der Waals surface area contributed by atoms with Crippen LogP contribution in [0.15, 0.2) is 24.3 Å². The van der Waals surface area contributed by atoms with Crippen LogP contribution in [0.25, 0.3) is 0 Å². The number of hydrogen-bond acceptors (Lipinski definition) is 2. The first kappa shape index (κ1) is 11.8. The molecule has 2 unspecified atom stereocenters. The summed E-state index contributed by atoms with van der Waals surface area (Å²) in [5.74, 6) is 0. The van der Waals surface area contributed by atoms with E-state index < -0.39 is 6.17 Å². The van der Waals surface area contributed by atoms with E-state index in [1.54, 1.807) is 12.2 Å². The van der Waals surface area contributed by atoms with Gasteiger partial charge in [-0.3, -0.25) is 0 Å².